The zero-order valence-electron chi connectivity index (χ0n) is 13.4. The van der Waals surface area contributed by atoms with Crippen LogP contribution in [0.1, 0.15) is 62.5 Å². The van der Waals surface area contributed by atoms with Crippen molar-refractivity contribution in [3.63, 3.8) is 0 Å². The summed E-state index contributed by atoms with van der Waals surface area (Å²) in [6.45, 7) is 0. The monoisotopic (exact) mass is 368 g/mol. The highest BCUT2D eigenvalue weighted by atomic mass is 35.5. The second-order valence-corrected chi connectivity index (χ2v) is 8.37. The van der Waals surface area contributed by atoms with Gasteiger partial charge in [0.1, 0.15) is 0 Å². The summed E-state index contributed by atoms with van der Waals surface area (Å²) >= 11 is 4.39. The molecule has 130 valence electrons. The van der Waals surface area contributed by atoms with Gasteiger partial charge in [0.05, 0.1) is 21.7 Å². The topological polar surface area (TPSA) is 78.4 Å². The molecule has 1 amide bonds. The third-order valence-electron chi connectivity index (χ3n) is 6.03. The molecule has 0 aromatic heterocycles. The Hall–Kier alpha value is -0.950. The maximum Gasteiger partial charge on any atom is 0.235 e. The van der Waals surface area contributed by atoms with Gasteiger partial charge >= 0.3 is 0 Å². The number of carbonyl (C=O) groups excluding carboxylic acids is 1. The second-order valence-electron chi connectivity index (χ2n) is 7.26. The Morgan fingerprint density at radius 1 is 1.12 bits per heavy atom. The SMILES string of the molecule is O=C1Nc2c(Cl)cc(C3(NS(=O)O)CCCCC3)cc2C12CCC2. The molecule has 5 nitrogen and oxygen atoms in total. The maximum atomic E-state index is 12.5. The third kappa shape index (κ3) is 2.35. The van der Waals surface area contributed by atoms with Crippen LogP contribution in [0.4, 0.5) is 5.69 Å². The molecule has 3 N–H and O–H groups in total. The molecule has 2 saturated carbocycles. The molecule has 2 fully saturated rings. The molecule has 1 aromatic rings. The first-order chi connectivity index (χ1) is 11.5. The van der Waals surface area contributed by atoms with Gasteiger partial charge in [0.2, 0.25) is 17.2 Å². The number of amides is 1. The van der Waals surface area contributed by atoms with Crippen molar-refractivity contribution in [2.24, 2.45) is 0 Å². The van der Waals surface area contributed by atoms with Crippen LogP contribution in [0.25, 0.3) is 0 Å². The van der Waals surface area contributed by atoms with Gasteiger partial charge in [-0.3, -0.25) is 9.35 Å². The molecular formula is C17H21ClN2O3S. The van der Waals surface area contributed by atoms with Gasteiger partial charge < -0.3 is 5.32 Å². The molecule has 1 heterocycles. The van der Waals surface area contributed by atoms with Crippen molar-refractivity contribution in [3.05, 3.63) is 28.3 Å². The molecule has 1 unspecified atom stereocenters. The van der Waals surface area contributed by atoms with E-state index in [0.29, 0.717) is 5.02 Å². The molecule has 1 aliphatic heterocycles. The van der Waals surface area contributed by atoms with Crippen LogP contribution in [0.15, 0.2) is 12.1 Å². The van der Waals surface area contributed by atoms with Gasteiger partial charge in [-0.15, -0.1) is 0 Å². The number of rotatable bonds is 3. The van der Waals surface area contributed by atoms with Crippen LogP contribution < -0.4 is 10.0 Å². The minimum atomic E-state index is -2.10. The molecule has 1 atom stereocenters. The summed E-state index contributed by atoms with van der Waals surface area (Å²) in [4.78, 5) is 12.5. The Morgan fingerprint density at radius 3 is 2.42 bits per heavy atom. The fraction of sp³-hybridized carbons (Fsp3) is 0.588. The van der Waals surface area contributed by atoms with Crippen LogP contribution in [0, 0.1) is 0 Å². The molecule has 1 spiro atoms. The summed E-state index contributed by atoms with van der Waals surface area (Å²) < 4.78 is 23.8. The minimum absolute atomic E-state index is 0.0409. The molecule has 0 radical (unpaired) electrons. The maximum absolute atomic E-state index is 12.5. The molecule has 0 saturated heterocycles. The van der Waals surface area contributed by atoms with E-state index in [9.17, 15) is 13.6 Å². The van der Waals surface area contributed by atoms with Gasteiger partial charge in [-0.2, -0.15) is 0 Å². The highest BCUT2D eigenvalue weighted by molar-refractivity contribution is 7.77. The lowest BCUT2D eigenvalue weighted by atomic mass is 9.64. The second kappa shape index (κ2) is 5.80. The summed E-state index contributed by atoms with van der Waals surface area (Å²) in [5, 5.41) is 3.46. The summed E-state index contributed by atoms with van der Waals surface area (Å²) in [5.74, 6) is 0.0409. The van der Waals surface area contributed by atoms with Crippen LogP contribution in [0.2, 0.25) is 5.02 Å². The van der Waals surface area contributed by atoms with E-state index in [1.165, 1.54) is 0 Å². The molecule has 3 aliphatic rings. The number of hydrogen-bond donors (Lipinski definition) is 3. The average Bonchev–Trinajstić information content (AvgIpc) is 2.80. The molecule has 0 bridgehead atoms. The van der Waals surface area contributed by atoms with E-state index < -0.39 is 22.2 Å². The van der Waals surface area contributed by atoms with Crippen LogP contribution in [0.5, 0.6) is 0 Å². The van der Waals surface area contributed by atoms with E-state index in [-0.39, 0.29) is 5.91 Å². The Labute approximate surface area is 149 Å². The lowest BCUT2D eigenvalue weighted by Crippen LogP contribution is -2.45. The highest BCUT2D eigenvalue weighted by Gasteiger charge is 2.52. The van der Waals surface area contributed by atoms with Crippen molar-refractivity contribution in [2.75, 3.05) is 5.32 Å². The molecular weight excluding hydrogens is 348 g/mol. The largest absolute Gasteiger partial charge is 0.324 e. The van der Waals surface area contributed by atoms with Crippen LogP contribution in [-0.4, -0.2) is 14.7 Å². The lowest BCUT2D eigenvalue weighted by molar-refractivity contribution is -0.123. The Morgan fingerprint density at radius 2 is 1.83 bits per heavy atom. The van der Waals surface area contributed by atoms with Gasteiger partial charge in [-0.25, -0.2) is 8.93 Å². The summed E-state index contributed by atoms with van der Waals surface area (Å²) in [5.41, 5.74) is 1.63. The Kier molecular flexibility index (Phi) is 3.99. The van der Waals surface area contributed by atoms with Gasteiger partial charge in [0.15, 0.2) is 0 Å². The third-order valence-corrected chi connectivity index (χ3v) is 6.89. The lowest BCUT2D eigenvalue weighted by Gasteiger charge is -2.40. The number of carbonyl (C=O) groups is 1. The smallest absolute Gasteiger partial charge is 0.235 e. The summed E-state index contributed by atoms with van der Waals surface area (Å²) in [6.07, 6.45) is 7.45. The van der Waals surface area contributed by atoms with Gasteiger partial charge in [0.25, 0.3) is 0 Å². The van der Waals surface area contributed by atoms with Crippen molar-refractivity contribution in [1.29, 1.82) is 0 Å². The standard InChI is InChI=1S/C17H21ClN2O3S/c18-13-10-11(17(20-24(22)23)7-2-1-3-8-17)9-12-14(13)19-15(21)16(12)5-4-6-16/h9-10,20H,1-8H2,(H,19,21)(H,22,23). The molecule has 7 heteroatoms. The molecule has 1 aromatic carbocycles. The zero-order valence-corrected chi connectivity index (χ0v) is 14.9. The van der Waals surface area contributed by atoms with Crippen molar-refractivity contribution in [2.45, 2.75) is 62.3 Å². The van der Waals surface area contributed by atoms with Crippen molar-refractivity contribution in [1.82, 2.24) is 4.72 Å². The van der Waals surface area contributed by atoms with Crippen LogP contribution >= 0.6 is 11.6 Å². The first-order valence-corrected chi connectivity index (χ1v) is 10.0. The van der Waals surface area contributed by atoms with Gasteiger partial charge in [0, 0.05) is 0 Å². The number of nitrogens with one attached hydrogen (secondary N) is 2. The zero-order chi connectivity index (χ0) is 16.9. The molecule has 24 heavy (non-hydrogen) atoms. The van der Waals surface area contributed by atoms with Gasteiger partial charge in [-0.1, -0.05) is 43.4 Å². The summed E-state index contributed by atoms with van der Waals surface area (Å²) in [7, 11) is 0. The van der Waals surface area contributed by atoms with E-state index in [1.807, 2.05) is 12.1 Å². The fourth-order valence-corrected chi connectivity index (χ4v) is 5.46. The first-order valence-electron chi connectivity index (χ1n) is 8.52. The summed E-state index contributed by atoms with van der Waals surface area (Å²) in [6, 6.07) is 3.90. The van der Waals surface area contributed by atoms with E-state index in [4.69, 9.17) is 11.6 Å². The van der Waals surface area contributed by atoms with Crippen LogP contribution in [-0.2, 0) is 27.0 Å². The fourth-order valence-electron chi connectivity index (χ4n) is 4.54. The number of fused-ring (bicyclic) bond motifs is 2. The van der Waals surface area contributed by atoms with E-state index in [2.05, 4.69) is 10.0 Å². The normalized spacial score (nSPS) is 25.0. The van der Waals surface area contributed by atoms with E-state index in [1.54, 1.807) is 0 Å². The van der Waals surface area contributed by atoms with Gasteiger partial charge in [-0.05, 0) is 42.9 Å². The quantitative estimate of drug-likeness (QED) is 0.713. The van der Waals surface area contributed by atoms with Crippen LogP contribution in [0.3, 0.4) is 0 Å². The van der Waals surface area contributed by atoms with Crippen molar-refractivity contribution < 1.29 is 13.6 Å². The predicted molar refractivity (Wildman–Crippen MR) is 94.3 cm³/mol. The minimum Gasteiger partial charge on any atom is -0.324 e. The van der Waals surface area contributed by atoms with Crippen molar-refractivity contribution in [3.8, 4) is 0 Å². The molecule has 4 rings (SSSR count). The predicted octanol–water partition coefficient (Wildman–Crippen LogP) is 3.60. The Balaban J connectivity index is 1.83. The van der Waals surface area contributed by atoms with E-state index in [0.717, 1.165) is 68.2 Å². The highest BCUT2D eigenvalue weighted by Crippen LogP contribution is 2.54. The first kappa shape index (κ1) is 16.5. The molecule has 2 aliphatic carbocycles. The van der Waals surface area contributed by atoms with Crippen molar-refractivity contribution >= 4 is 34.5 Å². The number of benzene rings is 1. The number of anilines is 1. The Bertz CT molecular complexity index is 727. The number of hydrogen-bond acceptors (Lipinski definition) is 2. The number of halogens is 1. The van der Waals surface area contributed by atoms with E-state index >= 15 is 0 Å². The average molecular weight is 369 g/mol.